The molecule has 8 heteroatoms. The van der Waals surface area contributed by atoms with Crippen LogP contribution >= 0.6 is 11.8 Å². The quantitative estimate of drug-likeness (QED) is 0.774. The number of carbonyl (C=O) groups excluding carboxylic acids is 1. The number of carbonyl (C=O) groups is 2. The van der Waals surface area contributed by atoms with Gasteiger partial charge < -0.3 is 10.0 Å². The minimum absolute atomic E-state index is 0.184. The molecule has 18 heavy (non-hydrogen) atoms. The van der Waals surface area contributed by atoms with E-state index in [1.165, 1.54) is 29.1 Å². The minimum Gasteiger partial charge on any atom is -0.480 e. The van der Waals surface area contributed by atoms with Gasteiger partial charge in [-0.25, -0.2) is 14.6 Å². The number of amides is 1. The van der Waals surface area contributed by atoms with Crippen LogP contribution in [0.3, 0.4) is 0 Å². The smallest absolute Gasteiger partial charge is 0.347 e. The van der Waals surface area contributed by atoms with Gasteiger partial charge in [-0.1, -0.05) is 0 Å². The first kappa shape index (κ1) is 12.6. The molecule has 0 aliphatic carbocycles. The Kier molecular flexibility index (Phi) is 3.66. The van der Waals surface area contributed by atoms with Crippen molar-refractivity contribution in [1.82, 2.24) is 14.5 Å². The second-order valence-corrected chi connectivity index (χ2v) is 4.75. The van der Waals surface area contributed by atoms with Gasteiger partial charge in [-0.05, 0) is 6.07 Å². The zero-order valence-corrected chi connectivity index (χ0v) is 10.2. The summed E-state index contributed by atoms with van der Waals surface area (Å²) in [6.45, 7) is -0.184. The van der Waals surface area contributed by atoms with E-state index in [4.69, 9.17) is 5.11 Å². The van der Waals surface area contributed by atoms with E-state index in [1.807, 2.05) is 0 Å². The SMILES string of the molecule is O=C(O)[C@@H]1CSCN1C(=O)Cn1cccnc1=O. The van der Waals surface area contributed by atoms with E-state index in [-0.39, 0.29) is 12.5 Å². The summed E-state index contributed by atoms with van der Waals surface area (Å²) >= 11 is 1.38. The van der Waals surface area contributed by atoms with E-state index in [2.05, 4.69) is 4.98 Å². The molecule has 1 saturated heterocycles. The number of carboxylic acid groups (broad SMARTS) is 1. The molecule has 0 bridgehead atoms. The molecule has 1 aliphatic rings. The van der Waals surface area contributed by atoms with Crippen LogP contribution in [0.5, 0.6) is 0 Å². The van der Waals surface area contributed by atoms with Gasteiger partial charge in [0.2, 0.25) is 5.91 Å². The van der Waals surface area contributed by atoms with Crippen LogP contribution in [-0.2, 0) is 16.1 Å². The molecular formula is C10H11N3O4S. The number of carboxylic acids is 1. The highest BCUT2D eigenvalue weighted by molar-refractivity contribution is 7.99. The van der Waals surface area contributed by atoms with E-state index in [0.717, 1.165) is 4.57 Å². The van der Waals surface area contributed by atoms with Crippen LogP contribution in [-0.4, -0.2) is 49.1 Å². The average molecular weight is 269 g/mol. The Labute approximate surface area is 106 Å². The van der Waals surface area contributed by atoms with Crippen molar-refractivity contribution in [2.75, 3.05) is 11.6 Å². The summed E-state index contributed by atoms with van der Waals surface area (Å²) in [7, 11) is 0. The maximum absolute atomic E-state index is 11.9. The van der Waals surface area contributed by atoms with Gasteiger partial charge in [0.15, 0.2) is 0 Å². The number of hydrogen-bond acceptors (Lipinski definition) is 5. The molecule has 0 saturated carbocycles. The van der Waals surface area contributed by atoms with Crippen LogP contribution in [0.15, 0.2) is 23.3 Å². The van der Waals surface area contributed by atoms with Gasteiger partial charge in [-0.3, -0.25) is 9.36 Å². The minimum atomic E-state index is -1.02. The summed E-state index contributed by atoms with van der Waals surface area (Å²) in [6.07, 6.45) is 2.79. The molecule has 0 aromatic carbocycles. The molecule has 2 heterocycles. The third kappa shape index (κ3) is 2.53. The number of aromatic nitrogens is 2. The molecule has 7 nitrogen and oxygen atoms in total. The molecule has 0 radical (unpaired) electrons. The summed E-state index contributed by atoms with van der Waals surface area (Å²) in [5.74, 6) is -0.692. The van der Waals surface area contributed by atoms with E-state index in [9.17, 15) is 14.4 Å². The predicted octanol–water partition coefficient (Wildman–Crippen LogP) is -0.771. The van der Waals surface area contributed by atoms with Crippen molar-refractivity contribution < 1.29 is 14.7 Å². The molecule has 1 atom stereocenters. The topological polar surface area (TPSA) is 92.5 Å². The molecule has 0 spiro atoms. The third-order valence-electron chi connectivity index (χ3n) is 2.58. The Balaban J connectivity index is 2.11. The maximum Gasteiger partial charge on any atom is 0.347 e. The lowest BCUT2D eigenvalue weighted by molar-refractivity contribution is -0.148. The second kappa shape index (κ2) is 5.21. The van der Waals surface area contributed by atoms with Crippen molar-refractivity contribution in [2.24, 2.45) is 0 Å². The number of thioether (sulfide) groups is 1. The highest BCUT2D eigenvalue weighted by Gasteiger charge is 2.34. The zero-order valence-electron chi connectivity index (χ0n) is 9.35. The summed E-state index contributed by atoms with van der Waals surface area (Å²) in [5, 5.41) is 8.97. The molecule has 0 unspecified atom stereocenters. The number of hydrogen-bond donors (Lipinski definition) is 1. The van der Waals surface area contributed by atoms with Crippen LogP contribution in [0.4, 0.5) is 0 Å². The molecule has 2 rings (SSSR count). The molecular weight excluding hydrogens is 258 g/mol. The summed E-state index contributed by atoms with van der Waals surface area (Å²) < 4.78 is 1.16. The highest BCUT2D eigenvalue weighted by Crippen LogP contribution is 2.21. The van der Waals surface area contributed by atoms with E-state index in [1.54, 1.807) is 6.07 Å². The van der Waals surface area contributed by atoms with Crippen LogP contribution < -0.4 is 5.69 Å². The summed E-state index contributed by atoms with van der Waals surface area (Å²) in [6, 6.07) is 0.733. The Hall–Kier alpha value is -1.83. The maximum atomic E-state index is 11.9. The highest BCUT2D eigenvalue weighted by atomic mass is 32.2. The van der Waals surface area contributed by atoms with Gasteiger partial charge in [0, 0.05) is 18.1 Å². The fraction of sp³-hybridized carbons (Fsp3) is 0.400. The fourth-order valence-corrected chi connectivity index (χ4v) is 2.81. The van der Waals surface area contributed by atoms with E-state index in [0.29, 0.717) is 11.6 Å². The van der Waals surface area contributed by atoms with Gasteiger partial charge in [0.25, 0.3) is 0 Å². The molecule has 1 amide bonds. The van der Waals surface area contributed by atoms with Crippen molar-refractivity contribution in [2.45, 2.75) is 12.6 Å². The lowest BCUT2D eigenvalue weighted by Gasteiger charge is -2.20. The Morgan fingerprint density at radius 2 is 2.33 bits per heavy atom. The lowest BCUT2D eigenvalue weighted by atomic mass is 10.3. The summed E-state index contributed by atoms with van der Waals surface area (Å²) in [4.78, 5) is 39.0. The van der Waals surface area contributed by atoms with Gasteiger partial charge in [0.05, 0.1) is 5.88 Å². The van der Waals surface area contributed by atoms with Crippen LogP contribution in [0.25, 0.3) is 0 Å². The Morgan fingerprint density at radius 3 is 3.00 bits per heavy atom. The van der Waals surface area contributed by atoms with Crippen molar-refractivity contribution in [3.63, 3.8) is 0 Å². The lowest BCUT2D eigenvalue weighted by Crippen LogP contribution is -2.44. The number of nitrogens with zero attached hydrogens (tertiary/aromatic N) is 3. The van der Waals surface area contributed by atoms with Crippen molar-refractivity contribution >= 4 is 23.6 Å². The van der Waals surface area contributed by atoms with Crippen molar-refractivity contribution in [3.05, 3.63) is 28.9 Å². The standard InChI is InChI=1S/C10H11N3O4S/c14-8(4-12-3-1-2-11-10(12)17)13-6-18-5-7(13)9(15)16/h1-3,7H,4-6H2,(H,15,16)/t7-/m0/s1. The Bertz CT molecular complexity index is 530. The van der Waals surface area contributed by atoms with E-state index < -0.39 is 17.7 Å². The normalized spacial score (nSPS) is 18.9. The largest absolute Gasteiger partial charge is 0.480 e. The van der Waals surface area contributed by atoms with Crippen LogP contribution in [0, 0.1) is 0 Å². The van der Waals surface area contributed by atoms with Crippen LogP contribution in [0.1, 0.15) is 0 Å². The van der Waals surface area contributed by atoms with Gasteiger partial charge in [-0.15, -0.1) is 11.8 Å². The van der Waals surface area contributed by atoms with Crippen molar-refractivity contribution in [3.8, 4) is 0 Å². The molecule has 96 valence electrons. The molecule has 1 fully saturated rings. The van der Waals surface area contributed by atoms with Gasteiger partial charge >= 0.3 is 11.7 Å². The molecule has 1 aromatic heterocycles. The molecule has 1 aromatic rings. The van der Waals surface area contributed by atoms with E-state index >= 15 is 0 Å². The van der Waals surface area contributed by atoms with Crippen molar-refractivity contribution in [1.29, 1.82) is 0 Å². The number of aliphatic carboxylic acids is 1. The Morgan fingerprint density at radius 1 is 1.56 bits per heavy atom. The van der Waals surface area contributed by atoms with Gasteiger partial charge in [-0.2, -0.15) is 0 Å². The summed E-state index contributed by atoms with van der Waals surface area (Å²) in [5.41, 5.74) is -0.524. The first-order valence-electron chi connectivity index (χ1n) is 5.21. The monoisotopic (exact) mass is 269 g/mol. The molecule has 1 aliphatic heterocycles. The predicted molar refractivity (Wildman–Crippen MR) is 64.1 cm³/mol. The zero-order chi connectivity index (χ0) is 13.1. The first-order chi connectivity index (χ1) is 8.59. The average Bonchev–Trinajstić information content (AvgIpc) is 2.81. The molecule has 1 N–H and O–H groups in total. The second-order valence-electron chi connectivity index (χ2n) is 3.75. The van der Waals surface area contributed by atoms with Crippen LogP contribution in [0.2, 0.25) is 0 Å². The number of rotatable bonds is 3. The van der Waals surface area contributed by atoms with Gasteiger partial charge in [0.1, 0.15) is 12.6 Å². The third-order valence-corrected chi connectivity index (χ3v) is 3.59. The first-order valence-corrected chi connectivity index (χ1v) is 6.36. The fourth-order valence-electron chi connectivity index (χ4n) is 1.64.